The number of carbonyl (C=O) groups excluding carboxylic acids is 1. The molecule has 0 aliphatic heterocycles. The Kier molecular flexibility index (Phi) is 5.98. The summed E-state index contributed by atoms with van der Waals surface area (Å²) in [4.78, 5) is 11.8. The summed E-state index contributed by atoms with van der Waals surface area (Å²) in [5.41, 5.74) is 0.889. The van der Waals surface area contributed by atoms with Crippen molar-refractivity contribution in [1.82, 2.24) is 10.0 Å². The van der Waals surface area contributed by atoms with Crippen molar-refractivity contribution in [3.8, 4) is 0 Å². The Bertz CT molecular complexity index is 555. The zero-order valence-corrected chi connectivity index (χ0v) is 13.3. The van der Waals surface area contributed by atoms with Crippen molar-refractivity contribution in [2.45, 2.75) is 19.9 Å². The van der Waals surface area contributed by atoms with Gasteiger partial charge in [0.05, 0.1) is 6.04 Å². The van der Waals surface area contributed by atoms with E-state index in [0.29, 0.717) is 5.02 Å². The Morgan fingerprint density at radius 3 is 2.25 bits per heavy atom. The van der Waals surface area contributed by atoms with Gasteiger partial charge in [0.1, 0.15) is 5.75 Å². The number of carbonyl (C=O) groups is 1. The summed E-state index contributed by atoms with van der Waals surface area (Å²) >= 11 is 5.83. The lowest BCUT2D eigenvalue weighted by Crippen LogP contribution is -2.38. The molecule has 112 valence electrons. The third-order valence-electron chi connectivity index (χ3n) is 2.84. The van der Waals surface area contributed by atoms with Gasteiger partial charge in [0.2, 0.25) is 15.9 Å². The van der Waals surface area contributed by atoms with E-state index in [4.69, 9.17) is 11.6 Å². The fourth-order valence-corrected chi connectivity index (χ4v) is 2.46. The van der Waals surface area contributed by atoms with Gasteiger partial charge in [0, 0.05) is 5.02 Å². The minimum Gasteiger partial charge on any atom is -0.348 e. The van der Waals surface area contributed by atoms with Crippen LogP contribution in [-0.2, 0) is 14.8 Å². The van der Waals surface area contributed by atoms with Crippen LogP contribution in [0.3, 0.4) is 0 Å². The Balaban J connectivity index is 2.83. The Labute approximate surface area is 124 Å². The molecule has 0 saturated heterocycles. The number of benzene rings is 1. The lowest BCUT2D eigenvalue weighted by Gasteiger charge is -2.23. The number of halogens is 1. The van der Waals surface area contributed by atoms with Gasteiger partial charge in [-0.25, -0.2) is 13.1 Å². The van der Waals surface area contributed by atoms with E-state index in [-0.39, 0.29) is 12.0 Å². The van der Waals surface area contributed by atoms with Gasteiger partial charge >= 0.3 is 0 Å². The molecule has 0 bridgehead atoms. The summed E-state index contributed by atoms with van der Waals surface area (Å²) in [6, 6.07) is 6.86. The first-order valence-electron chi connectivity index (χ1n) is 6.21. The molecule has 1 aromatic rings. The SMILES string of the molecule is CNS(=O)(=O)CC(=O)N[C@@H](c1ccc(Cl)cc1)C(C)C. The number of nitrogens with one attached hydrogen (secondary N) is 2. The fourth-order valence-electron chi connectivity index (χ4n) is 1.76. The summed E-state index contributed by atoms with van der Waals surface area (Å²) < 4.78 is 24.8. The summed E-state index contributed by atoms with van der Waals surface area (Å²) in [6.45, 7) is 3.90. The van der Waals surface area contributed by atoms with Crippen LogP contribution in [0.1, 0.15) is 25.5 Å². The lowest BCUT2D eigenvalue weighted by atomic mass is 9.96. The molecular formula is C13H19ClN2O3S. The highest BCUT2D eigenvalue weighted by Gasteiger charge is 2.21. The number of amides is 1. The molecule has 2 N–H and O–H groups in total. The van der Waals surface area contributed by atoms with Gasteiger partial charge in [-0.2, -0.15) is 0 Å². The van der Waals surface area contributed by atoms with Crippen molar-refractivity contribution in [2.24, 2.45) is 5.92 Å². The van der Waals surface area contributed by atoms with Crippen LogP contribution in [0.15, 0.2) is 24.3 Å². The molecule has 0 saturated carbocycles. The van der Waals surface area contributed by atoms with Crippen LogP contribution in [-0.4, -0.2) is 27.1 Å². The predicted molar refractivity (Wildman–Crippen MR) is 80.0 cm³/mol. The van der Waals surface area contributed by atoms with E-state index in [1.807, 2.05) is 26.0 Å². The van der Waals surface area contributed by atoms with Gasteiger partial charge in [-0.05, 0) is 30.7 Å². The van der Waals surface area contributed by atoms with Crippen molar-refractivity contribution >= 4 is 27.5 Å². The molecule has 0 heterocycles. The van der Waals surface area contributed by atoms with Crippen molar-refractivity contribution < 1.29 is 13.2 Å². The topological polar surface area (TPSA) is 75.3 Å². The maximum Gasteiger partial charge on any atom is 0.237 e. The molecule has 1 amide bonds. The molecule has 0 aliphatic rings. The van der Waals surface area contributed by atoms with Gasteiger partial charge in [0.15, 0.2) is 0 Å². The van der Waals surface area contributed by atoms with Crippen molar-refractivity contribution in [1.29, 1.82) is 0 Å². The van der Waals surface area contributed by atoms with Crippen LogP contribution < -0.4 is 10.0 Å². The second kappa shape index (κ2) is 7.06. The second-order valence-electron chi connectivity index (χ2n) is 4.80. The Morgan fingerprint density at radius 1 is 1.25 bits per heavy atom. The van der Waals surface area contributed by atoms with E-state index in [1.165, 1.54) is 7.05 Å². The average molecular weight is 319 g/mol. The van der Waals surface area contributed by atoms with Gasteiger partial charge in [-0.1, -0.05) is 37.6 Å². The molecule has 0 radical (unpaired) electrons. The zero-order valence-electron chi connectivity index (χ0n) is 11.7. The number of hydrogen-bond donors (Lipinski definition) is 2. The molecule has 0 aliphatic carbocycles. The quantitative estimate of drug-likeness (QED) is 0.838. The Morgan fingerprint density at radius 2 is 1.80 bits per heavy atom. The first-order chi connectivity index (χ1) is 9.25. The molecular weight excluding hydrogens is 300 g/mol. The highest BCUT2D eigenvalue weighted by atomic mass is 35.5. The molecule has 1 rings (SSSR count). The van der Waals surface area contributed by atoms with Crippen LogP contribution in [0.2, 0.25) is 5.02 Å². The van der Waals surface area contributed by atoms with Crippen LogP contribution >= 0.6 is 11.6 Å². The van der Waals surface area contributed by atoms with E-state index in [2.05, 4.69) is 10.0 Å². The van der Waals surface area contributed by atoms with Crippen molar-refractivity contribution in [3.63, 3.8) is 0 Å². The standard InChI is InChI=1S/C13H19ClN2O3S/c1-9(2)13(10-4-6-11(14)7-5-10)16-12(17)8-20(18,19)15-3/h4-7,9,13,15H,8H2,1-3H3,(H,16,17)/t13-/m1/s1. The van der Waals surface area contributed by atoms with Gasteiger partial charge < -0.3 is 5.32 Å². The van der Waals surface area contributed by atoms with E-state index in [9.17, 15) is 13.2 Å². The predicted octanol–water partition coefficient (Wildman–Crippen LogP) is 1.70. The third kappa shape index (κ3) is 5.11. The highest BCUT2D eigenvalue weighted by Crippen LogP contribution is 2.23. The van der Waals surface area contributed by atoms with E-state index >= 15 is 0 Å². The normalized spacial score (nSPS) is 13.2. The van der Waals surface area contributed by atoms with E-state index in [1.54, 1.807) is 12.1 Å². The molecule has 0 fully saturated rings. The smallest absolute Gasteiger partial charge is 0.237 e. The fraction of sp³-hybridized carbons (Fsp3) is 0.462. The van der Waals surface area contributed by atoms with Crippen LogP contribution in [0.25, 0.3) is 0 Å². The van der Waals surface area contributed by atoms with Gasteiger partial charge in [0.25, 0.3) is 0 Å². The largest absolute Gasteiger partial charge is 0.348 e. The van der Waals surface area contributed by atoms with Crippen molar-refractivity contribution in [3.05, 3.63) is 34.9 Å². The van der Waals surface area contributed by atoms with Gasteiger partial charge in [-0.3, -0.25) is 4.79 Å². The minimum absolute atomic E-state index is 0.123. The Hall–Kier alpha value is -1.11. The molecule has 0 unspecified atom stereocenters. The molecule has 1 atom stereocenters. The average Bonchev–Trinajstić information content (AvgIpc) is 2.36. The highest BCUT2D eigenvalue weighted by molar-refractivity contribution is 7.90. The first-order valence-corrected chi connectivity index (χ1v) is 8.24. The maximum absolute atomic E-state index is 11.8. The van der Waals surface area contributed by atoms with Crippen LogP contribution in [0.4, 0.5) is 0 Å². The summed E-state index contributed by atoms with van der Waals surface area (Å²) in [7, 11) is -2.28. The molecule has 1 aromatic carbocycles. The monoisotopic (exact) mass is 318 g/mol. The molecule has 0 aromatic heterocycles. The van der Waals surface area contributed by atoms with Crippen molar-refractivity contribution in [2.75, 3.05) is 12.8 Å². The summed E-state index contributed by atoms with van der Waals surface area (Å²) in [6.07, 6.45) is 0. The van der Waals surface area contributed by atoms with E-state index in [0.717, 1.165) is 5.56 Å². The number of rotatable bonds is 6. The zero-order chi connectivity index (χ0) is 15.3. The molecule has 0 spiro atoms. The third-order valence-corrected chi connectivity index (χ3v) is 4.36. The molecule has 7 heteroatoms. The number of hydrogen-bond acceptors (Lipinski definition) is 3. The van der Waals surface area contributed by atoms with Crippen LogP contribution in [0, 0.1) is 5.92 Å². The van der Waals surface area contributed by atoms with E-state index < -0.39 is 21.7 Å². The lowest BCUT2D eigenvalue weighted by molar-refractivity contribution is -0.119. The molecule has 20 heavy (non-hydrogen) atoms. The molecule has 5 nitrogen and oxygen atoms in total. The maximum atomic E-state index is 11.8. The number of sulfonamides is 1. The van der Waals surface area contributed by atoms with Gasteiger partial charge in [-0.15, -0.1) is 0 Å². The summed E-state index contributed by atoms with van der Waals surface area (Å²) in [5.74, 6) is -0.995. The minimum atomic E-state index is -3.56. The first kappa shape index (κ1) is 16.9. The summed E-state index contributed by atoms with van der Waals surface area (Å²) in [5, 5.41) is 3.35. The van der Waals surface area contributed by atoms with Crippen LogP contribution in [0.5, 0.6) is 0 Å². The second-order valence-corrected chi connectivity index (χ2v) is 7.17.